The Morgan fingerprint density at radius 2 is 2.04 bits per heavy atom. The van der Waals surface area contributed by atoms with Crippen LogP contribution in [0.1, 0.15) is 57.3 Å². The molecule has 4 nitrogen and oxygen atoms in total. The van der Waals surface area contributed by atoms with Gasteiger partial charge in [0.1, 0.15) is 0 Å². The number of nitrogens with one attached hydrogen (secondary N) is 2. The van der Waals surface area contributed by atoms with E-state index in [1.54, 1.807) is 11.3 Å². The van der Waals surface area contributed by atoms with Crippen molar-refractivity contribution < 1.29 is 4.79 Å². The monoisotopic (exact) mass is 349 g/mol. The maximum atomic E-state index is 12.1. The Morgan fingerprint density at radius 1 is 1.33 bits per heavy atom. The minimum absolute atomic E-state index is 0.0684. The fraction of sp³-hybridized carbons (Fsp3) is 0.737. The van der Waals surface area contributed by atoms with E-state index in [4.69, 9.17) is 0 Å². The molecule has 2 N–H and O–H groups in total. The van der Waals surface area contributed by atoms with Crippen LogP contribution in [0.25, 0.3) is 0 Å². The second-order valence-corrected chi connectivity index (χ2v) is 9.61. The molecule has 0 radical (unpaired) electrons. The lowest BCUT2D eigenvalue weighted by atomic mass is 9.79. The zero-order valence-corrected chi connectivity index (χ0v) is 16.2. The predicted molar refractivity (Wildman–Crippen MR) is 101 cm³/mol. The number of nitrogens with zero attached hydrogens (tertiary/aromatic N) is 1. The summed E-state index contributed by atoms with van der Waals surface area (Å²) in [6, 6.07) is 2.54. The smallest absolute Gasteiger partial charge is 0.252 e. The lowest BCUT2D eigenvalue weighted by Crippen LogP contribution is -2.62. The third-order valence-electron chi connectivity index (χ3n) is 5.34. The van der Waals surface area contributed by atoms with Gasteiger partial charge in [-0.2, -0.15) is 11.3 Å². The van der Waals surface area contributed by atoms with E-state index in [9.17, 15) is 4.79 Å². The number of hydrogen-bond acceptors (Lipinski definition) is 4. The minimum Gasteiger partial charge on any atom is -0.352 e. The average molecular weight is 350 g/mol. The van der Waals surface area contributed by atoms with Crippen molar-refractivity contribution in [1.29, 1.82) is 0 Å². The molecule has 2 aliphatic rings. The first-order valence-corrected chi connectivity index (χ1v) is 10.0. The molecule has 1 atom stereocenters. The van der Waals surface area contributed by atoms with Gasteiger partial charge in [0.2, 0.25) is 0 Å². The second-order valence-electron chi connectivity index (χ2n) is 8.83. The van der Waals surface area contributed by atoms with Gasteiger partial charge in [-0.25, -0.2) is 0 Å². The van der Waals surface area contributed by atoms with Gasteiger partial charge in [-0.15, -0.1) is 0 Å². The van der Waals surface area contributed by atoms with Gasteiger partial charge in [0.15, 0.2) is 0 Å². The van der Waals surface area contributed by atoms with Gasteiger partial charge < -0.3 is 10.6 Å². The average Bonchev–Trinajstić information content (AvgIpc) is 3.13. The van der Waals surface area contributed by atoms with Crippen molar-refractivity contribution in [3.8, 4) is 0 Å². The fourth-order valence-electron chi connectivity index (χ4n) is 4.62. The first-order valence-electron chi connectivity index (χ1n) is 9.08. The van der Waals surface area contributed by atoms with Crippen LogP contribution in [0, 0.1) is 5.92 Å². The molecular weight excluding hydrogens is 318 g/mol. The Morgan fingerprint density at radius 3 is 2.67 bits per heavy atom. The summed E-state index contributed by atoms with van der Waals surface area (Å²) < 4.78 is 0. The van der Waals surface area contributed by atoms with Crippen molar-refractivity contribution in [2.75, 3.05) is 19.6 Å². The van der Waals surface area contributed by atoms with E-state index in [0.29, 0.717) is 12.0 Å². The van der Waals surface area contributed by atoms with Crippen LogP contribution in [0.2, 0.25) is 0 Å². The summed E-state index contributed by atoms with van der Waals surface area (Å²) in [6.07, 6.45) is 3.59. The van der Waals surface area contributed by atoms with Crippen LogP contribution < -0.4 is 10.6 Å². The van der Waals surface area contributed by atoms with E-state index in [2.05, 4.69) is 43.2 Å². The van der Waals surface area contributed by atoms with Crippen molar-refractivity contribution in [3.05, 3.63) is 22.4 Å². The van der Waals surface area contributed by atoms with Gasteiger partial charge in [0.25, 0.3) is 5.91 Å². The molecule has 0 aliphatic carbocycles. The molecule has 2 fully saturated rings. The fourth-order valence-corrected chi connectivity index (χ4v) is 5.26. The molecule has 0 saturated carbocycles. The second kappa shape index (κ2) is 6.77. The Bertz CT molecular complexity index is 551. The molecule has 3 rings (SSSR count). The number of amides is 1. The van der Waals surface area contributed by atoms with Crippen molar-refractivity contribution in [3.63, 3.8) is 0 Å². The molecule has 5 heteroatoms. The molecule has 2 saturated heterocycles. The molecule has 0 spiro atoms. The topological polar surface area (TPSA) is 44.4 Å². The van der Waals surface area contributed by atoms with Crippen molar-refractivity contribution in [1.82, 2.24) is 15.5 Å². The highest BCUT2D eigenvalue weighted by Gasteiger charge is 2.41. The number of piperidine rings is 1. The summed E-state index contributed by atoms with van der Waals surface area (Å²) in [5.74, 6) is 0.646. The van der Waals surface area contributed by atoms with E-state index in [0.717, 1.165) is 25.2 Å². The molecule has 1 amide bonds. The van der Waals surface area contributed by atoms with Crippen LogP contribution in [0.3, 0.4) is 0 Å². The predicted octanol–water partition coefficient (Wildman–Crippen LogP) is 3.11. The zero-order valence-electron chi connectivity index (χ0n) is 15.4. The highest BCUT2D eigenvalue weighted by Crippen LogP contribution is 2.33. The molecule has 1 unspecified atom stereocenters. The lowest BCUT2D eigenvalue weighted by molar-refractivity contribution is 0.0781. The highest BCUT2D eigenvalue weighted by atomic mass is 32.1. The summed E-state index contributed by atoms with van der Waals surface area (Å²) >= 11 is 1.57. The Labute approximate surface area is 150 Å². The lowest BCUT2D eigenvalue weighted by Gasteiger charge is -2.49. The molecule has 134 valence electrons. The standard InChI is InChI=1S/C19H31N3OS/c1-18(2)9-16(10-19(3,4)21-18)22-7-5-14(12-22)11-20-17(23)15-6-8-24-13-15/h6,8,13-14,16,21H,5,7,9-12H2,1-4H3,(H,20,23). The Kier molecular flexibility index (Phi) is 5.05. The molecule has 24 heavy (non-hydrogen) atoms. The highest BCUT2D eigenvalue weighted by molar-refractivity contribution is 7.08. The quantitative estimate of drug-likeness (QED) is 0.878. The molecule has 0 bridgehead atoms. The molecule has 0 aromatic carbocycles. The Balaban J connectivity index is 1.51. The first-order chi connectivity index (χ1) is 11.2. The Hall–Kier alpha value is -0.910. The van der Waals surface area contributed by atoms with Gasteiger partial charge in [-0.1, -0.05) is 0 Å². The summed E-state index contributed by atoms with van der Waals surface area (Å²) in [6.45, 7) is 12.3. The summed E-state index contributed by atoms with van der Waals surface area (Å²) in [5.41, 5.74) is 1.17. The number of carbonyl (C=O) groups is 1. The molecule has 3 heterocycles. The van der Waals surface area contributed by atoms with Crippen molar-refractivity contribution in [2.24, 2.45) is 5.92 Å². The number of carbonyl (C=O) groups excluding carboxylic acids is 1. The third kappa shape index (κ3) is 4.38. The maximum Gasteiger partial charge on any atom is 0.252 e. The van der Waals surface area contributed by atoms with E-state index in [1.165, 1.54) is 19.3 Å². The first kappa shape index (κ1) is 17.9. The van der Waals surface area contributed by atoms with Gasteiger partial charge in [-0.3, -0.25) is 9.69 Å². The van der Waals surface area contributed by atoms with Crippen LogP contribution >= 0.6 is 11.3 Å². The molecule has 1 aromatic rings. The van der Waals surface area contributed by atoms with Gasteiger partial charge in [0, 0.05) is 41.2 Å². The molecular formula is C19H31N3OS. The van der Waals surface area contributed by atoms with Crippen LogP contribution in [0.4, 0.5) is 0 Å². The zero-order chi connectivity index (χ0) is 17.4. The minimum atomic E-state index is 0.0684. The van der Waals surface area contributed by atoms with Crippen molar-refractivity contribution >= 4 is 17.2 Å². The van der Waals surface area contributed by atoms with Gasteiger partial charge >= 0.3 is 0 Å². The van der Waals surface area contributed by atoms with E-state index >= 15 is 0 Å². The normalized spacial score (nSPS) is 27.2. The van der Waals surface area contributed by atoms with Gasteiger partial charge in [0.05, 0.1) is 0 Å². The number of thiophene rings is 1. The maximum absolute atomic E-state index is 12.1. The third-order valence-corrected chi connectivity index (χ3v) is 6.02. The summed E-state index contributed by atoms with van der Waals surface area (Å²) in [4.78, 5) is 14.7. The van der Waals surface area contributed by atoms with Crippen LogP contribution in [-0.2, 0) is 0 Å². The van der Waals surface area contributed by atoms with E-state index < -0.39 is 0 Å². The van der Waals surface area contributed by atoms with E-state index in [-0.39, 0.29) is 17.0 Å². The van der Waals surface area contributed by atoms with Crippen LogP contribution in [0.15, 0.2) is 16.8 Å². The van der Waals surface area contributed by atoms with E-state index in [1.807, 2.05) is 16.8 Å². The van der Waals surface area contributed by atoms with Crippen molar-refractivity contribution in [2.45, 2.75) is 64.1 Å². The number of hydrogen-bond donors (Lipinski definition) is 2. The molecule has 2 aliphatic heterocycles. The summed E-state index contributed by atoms with van der Waals surface area (Å²) in [5, 5.41) is 10.7. The summed E-state index contributed by atoms with van der Waals surface area (Å²) in [7, 11) is 0. The largest absolute Gasteiger partial charge is 0.352 e. The van der Waals surface area contributed by atoms with Gasteiger partial charge in [-0.05, 0) is 70.9 Å². The SMILES string of the molecule is CC1(C)CC(N2CCC(CNC(=O)c3ccsc3)C2)CC(C)(C)N1. The molecule has 1 aromatic heterocycles. The van der Waals surface area contributed by atoms with Crippen LogP contribution in [-0.4, -0.2) is 47.6 Å². The number of rotatable bonds is 4. The number of likely N-dealkylation sites (tertiary alicyclic amines) is 1. The van der Waals surface area contributed by atoms with Crippen LogP contribution in [0.5, 0.6) is 0 Å².